The third-order valence-electron chi connectivity index (χ3n) is 2.72. The summed E-state index contributed by atoms with van der Waals surface area (Å²) in [5.41, 5.74) is 6.48. The van der Waals surface area contributed by atoms with Gasteiger partial charge in [-0.15, -0.1) is 0 Å². The van der Waals surface area contributed by atoms with Gasteiger partial charge in [0.1, 0.15) is 0 Å². The van der Waals surface area contributed by atoms with Crippen molar-refractivity contribution in [1.29, 1.82) is 0 Å². The molecule has 19 heavy (non-hydrogen) atoms. The van der Waals surface area contributed by atoms with E-state index >= 15 is 0 Å². The zero-order chi connectivity index (χ0) is 13.9. The monoisotopic (exact) mass is 266 g/mol. The van der Waals surface area contributed by atoms with Crippen LogP contribution in [0, 0.1) is 0 Å². The van der Waals surface area contributed by atoms with Gasteiger partial charge in [-0.1, -0.05) is 18.2 Å². The second-order valence-corrected chi connectivity index (χ2v) is 4.13. The number of alkyl halides is 3. The zero-order valence-corrected chi connectivity index (χ0v) is 10.0. The van der Waals surface area contributed by atoms with Crippen LogP contribution in [-0.4, -0.2) is 0 Å². The van der Waals surface area contributed by atoms with Gasteiger partial charge in [0.05, 0.1) is 5.56 Å². The molecule has 3 N–H and O–H groups in total. The minimum atomic E-state index is -4.33. The van der Waals surface area contributed by atoms with Crippen molar-refractivity contribution in [1.82, 2.24) is 0 Å². The second kappa shape index (κ2) is 5.22. The summed E-state index contributed by atoms with van der Waals surface area (Å²) in [5.74, 6) is 0. The van der Waals surface area contributed by atoms with E-state index in [-0.39, 0.29) is 12.1 Å². The van der Waals surface area contributed by atoms with Gasteiger partial charge in [-0.25, -0.2) is 0 Å². The Bertz CT molecular complexity index is 547. The summed E-state index contributed by atoms with van der Waals surface area (Å²) < 4.78 is 38.3. The van der Waals surface area contributed by atoms with Gasteiger partial charge in [-0.2, -0.15) is 13.2 Å². The van der Waals surface area contributed by atoms with Gasteiger partial charge in [-0.3, -0.25) is 0 Å². The van der Waals surface area contributed by atoms with E-state index in [2.05, 4.69) is 5.32 Å². The maximum Gasteiger partial charge on any atom is 0.416 e. The predicted octanol–water partition coefficient (Wildman–Crippen LogP) is 3.90. The Balaban J connectivity index is 2.14. The fourth-order valence-electron chi connectivity index (χ4n) is 1.75. The number of nitrogen functional groups attached to an aromatic ring is 1. The Morgan fingerprint density at radius 1 is 0.947 bits per heavy atom. The number of rotatable bonds is 3. The molecule has 0 bridgehead atoms. The first-order valence-electron chi connectivity index (χ1n) is 5.71. The van der Waals surface area contributed by atoms with Gasteiger partial charge in [0.25, 0.3) is 0 Å². The van der Waals surface area contributed by atoms with Crippen molar-refractivity contribution < 1.29 is 13.2 Å². The first-order valence-corrected chi connectivity index (χ1v) is 5.71. The fourth-order valence-corrected chi connectivity index (χ4v) is 1.75. The minimum Gasteiger partial charge on any atom is -0.399 e. The normalized spacial score (nSPS) is 11.3. The van der Waals surface area contributed by atoms with Gasteiger partial charge in [-0.05, 0) is 35.9 Å². The molecule has 0 saturated heterocycles. The lowest BCUT2D eigenvalue weighted by molar-refractivity contribution is -0.138. The summed E-state index contributed by atoms with van der Waals surface area (Å²) in [4.78, 5) is 0. The molecule has 0 amide bonds. The van der Waals surface area contributed by atoms with Crippen LogP contribution in [0.15, 0.2) is 48.5 Å². The van der Waals surface area contributed by atoms with E-state index in [9.17, 15) is 13.2 Å². The molecule has 0 aromatic heterocycles. The Morgan fingerprint density at radius 2 is 1.58 bits per heavy atom. The fraction of sp³-hybridized carbons (Fsp3) is 0.143. The molecule has 0 heterocycles. The van der Waals surface area contributed by atoms with Crippen molar-refractivity contribution >= 4 is 11.4 Å². The van der Waals surface area contributed by atoms with Gasteiger partial charge in [0.15, 0.2) is 0 Å². The summed E-state index contributed by atoms with van der Waals surface area (Å²) in [6.07, 6.45) is -4.33. The van der Waals surface area contributed by atoms with E-state index < -0.39 is 11.7 Å². The third-order valence-corrected chi connectivity index (χ3v) is 2.72. The summed E-state index contributed by atoms with van der Waals surface area (Å²) in [6, 6.07) is 12.4. The van der Waals surface area contributed by atoms with Gasteiger partial charge < -0.3 is 11.1 Å². The van der Waals surface area contributed by atoms with Crippen LogP contribution in [0.25, 0.3) is 0 Å². The minimum absolute atomic E-state index is 0.111. The van der Waals surface area contributed by atoms with Crippen molar-refractivity contribution in [2.75, 3.05) is 11.1 Å². The summed E-state index contributed by atoms with van der Waals surface area (Å²) in [5, 5.41) is 2.95. The van der Waals surface area contributed by atoms with Crippen LogP contribution in [0.4, 0.5) is 24.5 Å². The van der Waals surface area contributed by atoms with Gasteiger partial charge >= 0.3 is 6.18 Å². The van der Waals surface area contributed by atoms with E-state index in [0.29, 0.717) is 5.69 Å². The van der Waals surface area contributed by atoms with Crippen molar-refractivity contribution in [2.45, 2.75) is 12.7 Å². The molecule has 2 rings (SSSR count). The van der Waals surface area contributed by atoms with Crippen LogP contribution >= 0.6 is 0 Å². The number of hydrogen-bond donors (Lipinski definition) is 2. The number of nitrogens with one attached hydrogen (secondary N) is 1. The van der Waals surface area contributed by atoms with Gasteiger partial charge in [0, 0.05) is 17.9 Å². The van der Waals surface area contributed by atoms with Crippen LogP contribution in [-0.2, 0) is 12.7 Å². The van der Waals surface area contributed by atoms with Crippen LogP contribution in [0.2, 0.25) is 0 Å². The molecule has 0 saturated carbocycles. The van der Waals surface area contributed by atoms with E-state index in [1.54, 1.807) is 30.3 Å². The molecule has 2 aromatic rings. The van der Waals surface area contributed by atoms with Crippen molar-refractivity contribution in [3.63, 3.8) is 0 Å². The quantitative estimate of drug-likeness (QED) is 0.827. The topological polar surface area (TPSA) is 38.0 Å². The van der Waals surface area contributed by atoms with Crippen LogP contribution in [0.5, 0.6) is 0 Å². The van der Waals surface area contributed by atoms with E-state index in [1.165, 1.54) is 12.1 Å². The highest BCUT2D eigenvalue weighted by atomic mass is 19.4. The summed E-state index contributed by atoms with van der Waals surface area (Å²) in [7, 11) is 0. The highest BCUT2D eigenvalue weighted by Crippen LogP contribution is 2.32. The molecule has 0 radical (unpaired) electrons. The van der Waals surface area contributed by atoms with Crippen molar-refractivity contribution in [2.24, 2.45) is 0 Å². The Morgan fingerprint density at radius 3 is 2.21 bits per heavy atom. The van der Waals surface area contributed by atoms with Crippen LogP contribution in [0.1, 0.15) is 11.1 Å². The molecular weight excluding hydrogens is 253 g/mol. The SMILES string of the molecule is Nc1ccc(NCc2ccccc2C(F)(F)F)cc1. The van der Waals surface area contributed by atoms with Gasteiger partial charge in [0.2, 0.25) is 0 Å². The molecule has 100 valence electrons. The molecule has 0 aliphatic heterocycles. The lowest BCUT2D eigenvalue weighted by atomic mass is 10.1. The maximum absolute atomic E-state index is 12.8. The molecule has 0 unspecified atom stereocenters. The predicted molar refractivity (Wildman–Crippen MR) is 69.6 cm³/mol. The number of hydrogen-bond acceptors (Lipinski definition) is 2. The number of anilines is 2. The average Bonchev–Trinajstić information content (AvgIpc) is 2.37. The lowest BCUT2D eigenvalue weighted by Crippen LogP contribution is -2.11. The lowest BCUT2D eigenvalue weighted by Gasteiger charge is -2.13. The van der Waals surface area contributed by atoms with Crippen molar-refractivity contribution in [3.8, 4) is 0 Å². The first-order chi connectivity index (χ1) is 8.97. The van der Waals surface area contributed by atoms with E-state index in [4.69, 9.17) is 5.73 Å². The third kappa shape index (κ3) is 3.40. The molecule has 0 spiro atoms. The molecule has 2 aromatic carbocycles. The smallest absolute Gasteiger partial charge is 0.399 e. The zero-order valence-electron chi connectivity index (χ0n) is 10.0. The van der Waals surface area contributed by atoms with E-state index in [1.807, 2.05) is 0 Å². The molecule has 5 heteroatoms. The Hall–Kier alpha value is -2.17. The second-order valence-electron chi connectivity index (χ2n) is 4.13. The average molecular weight is 266 g/mol. The Kier molecular flexibility index (Phi) is 3.64. The summed E-state index contributed by atoms with van der Waals surface area (Å²) >= 11 is 0. The maximum atomic E-state index is 12.8. The number of nitrogens with two attached hydrogens (primary N) is 1. The largest absolute Gasteiger partial charge is 0.416 e. The highest BCUT2D eigenvalue weighted by Gasteiger charge is 2.32. The molecule has 0 aliphatic carbocycles. The molecule has 2 nitrogen and oxygen atoms in total. The van der Waals surface area contributed by atoms with E-state index in [0.717, 1.165) is 11.8 Å². The first kappa shape index (κ1) is 13.3. The van der Waals surface area contributed by atoms with Crippen LogP contribution < -0.4 is 11.1 Å². The number of benzene rings is 2. The molecular formula is C14H13F3N2. The molecule has 0 aliphatic rings. The number of halogens is 3. The summed E-state index contributed by atoms with van der Waals surface area (Å²) in [6.45, 7) is 0.111. The standard InChI is InChI=1S/C14H13F3N2/c15-14(16,17)13-4-2-1-3-10(13)9-19-12-7-5-11(18)6-8-12/h1-8,19H,9,18H2. The highest BCUT2D eigenvalue weighted by molar-refractivity contribution is 5.51. The molecule has 0 atom stereocenters. The van der Waals surface area contributed by atoms with Crippen molar-refractivity contribution in [3.05, 3.63) is 59.7 Å². The molecule has 0 fully saturated rings. The Labute approximate surface area is 109 Å². The van der Waals surface area contributed by atoms with Crippen LogP contribution in [0.3, 0.4) is 0 Å².